The summed E-state index contributed by atoms with van der Waals surface area (Å²) in [5.74, 6) is 0.921. The Labute approximate surface area is 111 Å². The summed E-state index contributed by atoms with van der Waals surface area (Å²) in [4.78, 5) is 21.2. The van der Waals surface area contributed by atoms with Gasteiger partial charge in [0.05, 0.1) is 20.3 Å². The summed E-state index contributed by atoms with van der Waals surface area (Å²) >= 11 is 0. The summed E-state index contributed by atoms with van der Waals surface area (Å²) in [7, 11) is 4.78. The number of ether oxygens (including phenoxy) is 2. The Morgan fingerprint density at radius 3 is 2.84 bits per heavy atom. The largest absolute Gasteiger partial charge is 0.490 e. The molecule has 0 saturated carbocycles. The fraction of sp³-hybridized carbons (Fsp3) is 0.545. The summed E-state index contributed by atoms with van der Waals surface area (Å²) < 4.78 is 9.98. The molecule has 0 unspecified atom stereocenters. The first-order chi connectivity index (χ1) is 9.10. The molecule has 1 heterocycles. The second-order valence-corrected chi connectivity index (χ2v) is 3.81. The zero-order chi connectivity index (χ0) is 14.3. The van der Waals surface area contributed by atoms with Gasteiger partial charge in [-0.2, -0.15) is 0 Å². The van der Waals surface area contributed by atoms with Crippen molar-refractivity contribution in [1.82, 2.24) is 15.3 Å². The van der Waals surface area contributed by atoms with Crippen LogP contribution in [0.5, 0.6) is 5.75 Å². The van der Waals surface area contributed by atoms with Gasteiger partial charge in [0.25, 0.3) is 0 Å². The molecular weight excluding hydrogens is 250 g/mol. The van der Waals surface area contributed by atoms with E-state index in [2.05, 4.69) is 15.3 Å². The molecule has 0 spiro atoms. The molecule has 106 valence electrons. The van der Waals surface area contributed by atoms with Gasteiger partial charge in [0.1, 0.15) is 6.33 Å². The first-order valence-corrected chi connectivity index (χ1v) is 5.71. The van der Waals surface area contributed by atoms with E-state index in [-0.39, 0.29) is 18.3 Å². The minimum absolute atomic E-state index is 0.135. The summed E-state index contributed by atoms with van der Waals surface area (Å²) in [5.41, 5.74) is 5.68. The number of carbonyl (C=O) groups is 1. The highest BCUT2D eigenvalue weighted by Gasteiger charge is 2.15. The second kappa shape index (κ2) is 7.37. The fourth-order valence-corrected chi connectivity index (χ4v) is 1.48. The van der Waals surface area contributed by atoms with E-state index in [4.69, 9.17) is 15.2 Å². The molecule has 19 heavy (non-hydrogen) atoms. The van der Waals surface area contributed by atoms with Crippen molar-refractivity contribution in [1.29, 1.82) is 0 Å². The smallest absolute Gasteiger partial charge is 0.239 e. The molecule has 0 aliphatic heterocycles. The second-order valence-electron chi connectivity index (χ2n) is 3.81. The number of hydrogen-bond acceptors (Lipinski definition) is 7. The van der Waals surface area contributed by atoms with Crippen molar-refractivity contribution in [2.75, 3.05) is 51.6 Å². The first-order valence-electron chi connectivity index (χ1n) is 5.71. The van der Waals surface area contributed by atoms with Gasteiger partial charge >= 0.3 is 0 Å². The Kier molecular flexibility index (Phi) is 5.80. The van der Waals surface area contributed by atoms with E-state index >= 15 is 0 Å². The van der Waals surface area contributed by atoms with Gasteiger partial charge in [-0.3, -0.25) is 4.79 Å². The summed E-state index contributed by atoms with van der Waals surface area (Å²) in [5, 5.41) is 2.72. The molecule has 0 atom stereocenters. The van der Waals surface area contributed by atoms with E-state index in [1.54, 1.807) is 19.1 Å². The Morgan fingerprint density at radius 2 is 2.21 bits per heavy atom. The van der Waals surface area contributed by atoms with Crippen LogP contribution in [-0.2, 0) is 9.53 Å². The van der Waals surface area contributed by atoms with Gasteiger partial charge in [0.2, 0.25) is 11.7 Å². The molecule has 0 aliphatic rings. The predicted molar refractivity (Wildman–Crippen MR) is 71.2 cm³/mol. The normalized spacial score (nSPS) is 10.1. The van der Waals surface area contributed by atoms with Gasteiger partial charge in [0.15, 0.2) is 11.6 Å². The monoisotopic (exact) mass is 269 g/mol. The molecule has 1 amide bonds. The summed E-state index contributed by atoms with van der Waals surface area (Å²) in [6.45, 7) is 1.07. The highest BCUT2D eigenvalue weighted by atomic mass is 16.5. The number of carbonyl (C=O) groups excluding carboxylic acids is 1. The van der Waals surface area contributed by atoms with E-state index in [0.29, 0.717) is 24.7 Å². The summed E-state index contributed by atoms with van der Waals surface area (Å²) in [6.07, 6.45) is 1.33. The quantitative estimate of drug-likeness (QED) is 0.629. The third kappa shape index (κ3) is 4.25. The number of hydrogen-bond donors (Lipinski definition) is 2. The van der Waals surface area contributed by atoms with E-state index in [1.165, 1.54) is 13.4 Å². The number of nitrogens with zero attached hydrogens (tertiary/aromatic N) is 3. The molecule has 0 radical (unpaired) electrons. The minimum Gasteiger partial charge on any atom is -0.490 e. The maximum absolute atomic E-state index is 11.7. The van der Waals surface area contributed by atoms with Crippen LogP contribution in [0.15, 0.2) is 6.33 Å². The van der Waals surface area contributed by atoms with Gasteiger partial charge < -0.3 is 25.4 Å². The van der Waals surface area contributed by atoms with Crippen molar-refractivity contribution in [2.24, 2.45) is 0 Å². The van der Waals surface area contributed by atoms with Gasteiger partial charge in [-0.1, -0.05) is 0 Å². The third-order valence-corrected chi connectivity index (χ3v) is 2.39. The van der Waals surface area contributed by atoms with Crippen LogP contribution in [0.3, 0.4) is 0 Å². The van der Waals surface area contributed by atoms with Crippen molar-refractivity contribution in [3.63, 3.8) is 0 Å². The highest BCUT2D eigenvalue weighted by molar-refractivity contribution is 5.81. The molecule has 0 aromatic carbocycles. The van der Waals surface area contributed by atoms with E-state index < -0.39 is 0 Å². The fourth-order valence-electron chi connectivity index (χ4n) is 1.48. The lowest BCUT2D eigenvalue weighted by atomic mass is 10.4. The lowest BCUT2D eigenvalue weighted by Crippen LogP contribution is -2.37. The number of nitrogen functional groups attached to an aromatic ring is 1. The number of likely N-dealkylation sites (N-methyl/N-ethyl adjacent to an activating group) is 1. The first kappa shape index (κ1) is 15.0. The van der Waals surface area contributed by atoms with Crippen LogP contribution >= 0.6 is 0 Å². The minimum atomic E-state index is -0.140. The van der Waals surface area contributed by atoms with Crippen LogP contribution in [0.2, 0.25) is 0 Å². The zero-order valence-corrected chi connectivity index (χ0v) is 11.3. The zero-order valence-electron chi connectivity index (χ0n) is 11.3. The molecule has 1 aromatic heterocycles. The van der Waals surface area contributed by atoms with E-state index in [9.17, 15) is 4.79 Å². The number of rotatable bonds is 7. The lowest BCUT2D eigenvalue weighted by Gasteiger charge is -2.20. The highest BCUT2D eigenvalue weighted by Crippen LogP contribution is 2.28. The molecule has 0 bridgehead atoms. The third-order valence-electron chi connectivity index (χ3n) is 2.39. The predicted octanol–water partition coefficient (Wildman–Crippen LogP) is -0.734. The molecule has 8 heteroatoms. The van der Waals surface area contributed by atoms with E-state index in [0.717, 1.165) is 0 Å². The van der Waals surface area contributed by atoms with Crippen LogP contribution in [0, 0.1) is 0 Å². The number of nitrogens with two attached hydrogens (primary N) is 1. The van der Waals surface area contributed by atoms with Gasteiger partial charge in [-0.05, 0) is 0 Å². The molecule has 8 nitrogen and oxygen atoms in total. The van der Waals surface area contributed by atoms with Crippen molar-refractivity contribution in [2.45, 2.75) is 0 Å². The van der Waals surface area contributed by atoms with Crippen molar-refractivity contribution >= 4 is 17.5 Å². The SMILES string of the molecule is COCCNC(=O)CN(C)c1ncnc(N)c1OC. The van der Waals surface area contributed by atoms with E-state index in [1.807, 2.05) is 0 Å². The molecule has 1 rings (SSSR count). The molecule has 3 N–H and O–H groups in total. The average Bonchev–Trinajstić information content (AvgIpc) is 2.38. The van der Waals surface area contributed by atoms with Crippen molar-refractivity contribution in [3.8, 4) is 5.75 Å². The Hall–Kier alpha value is -2.09. The lowest BCUT2D eigenvalue weighted by molar-refractivity contribution is -0.119. The van der Waals surface area contributed by atoms with Crippen LogP contribution in [0.1, 0.15) is 0 Å². The number of anilines is 2. The molecule has 0 saturated heterocycles. The number of nitrogens with one attached hydrogen (secondary N) is 1. The van der Waals surface area contributed by atoms with Crippen molar-refractivity contribution < 1.29 is 14.3 Å². The molecule has 0 fully saturated rings. The average molecular weight is 269 g/mol. The van der Waals surface area contributed by atoms with Crippen LogP contribution in [-0.4, -0.2) is 56.8 Å². The summed E-state index contributed by atoms with van der Waals surface area (Å²) in [6, 6.07) is 0. The van der Waals surface area contributed by atoms with Crippen LogP contribution in [0.4, 0.5) is 11.6 Å². The number of aromatic nitrogens is 2. The van der Waals surface area contributed by atoms with Gasteiger partial charge in [-0.25, -0.2) is 9.97 Å². The Balaban J connectivity index is 2.65. The van der Waals surface area contributed by atoms with Gasteiger partial charge in [-0.15, -0.1) is 0 Å². The van der Waals surface area contributed by atoms with Crippen LogP contribution in [0.25, 0.3) is 0 Å². The standard InChI is InChI=1S/C11H19N5O3/c1-16(6-8(17)13-4-5-18-2)11-9(19-3)10(12)14-7-15-11/h7H,4-6H2,1-3H3,(H,13,17)(H2,12,14,15). The van der Waals surface area contributed by atoms with Gasteiger partial charge in [0, 0.05) is 20.7 Å². The molecule has 1 aromatic rings. The number of amides is 1. The Bertz CT molecular complexity index is 427. The Morgan fingerprint density at radius 1 is 1.47 bits per heavy atom. The van der Waals surface area contributed by atoms with Crippen molar-refractivity contribution in [3.05, 3.63) is 6.33 Å². The maximum atomic E-state index is 11.7. The topological polar surface area (TPSA) is 103 Å². The molecular formula is C11H19N5O3. The van der Waals surface area contributed by atoms with Crippen LogP contribution < -0.4 is 20.7 Å². The molecule has 0 aliphatic carbocycles. The maximum Gasteiger partial charge on any atom is 0.239 e. The number of methoxy groups -OCH3 is 2.